The van der Waals surface area contributed by atoms with Gasteiger partial charge in [0, 0.05) is 22.7 Å². The van der Waals surface area contributed by atoms with Crippen molar-refractivity contribution in [2.24, 2.45) is 0 Å². The second-order valence-corrected chi connectivity index (χ2v) is 5.21. The summed E-state index contributed by atoms with van der Waals surface area (Å²) in [5.74, 6) is 0. The van der Waals surface area contributed by atoms with Gasteiger partial charge in [0.25, 0.3) is 0 Å². The molecule has 1 unspecified atom stereocenters. The summed E-state index contributed by atoms with van der Waals surface area (Å²) in [4.78, 5) is 2.31. The predicted octanol–water partition coefficient (Wildman–Crippen LogP) is 1.99. The first-order chi connectivity index (χ1) is 7.70. The van der Waals surface area contributed by atoms with Crippen LogP contribution < -0.4 is 5.73 Å². The molecule has 1 heterocycles. The average molecular weight is 285 g/mol. The van der Waals surface area contributed by atoms with E-state index in [9.17, 15) is 5.11 Å². The van der Waals surface area contributed by atoms with E-state index in [4.69, 9.17) is 5.73 Å². The molecular weight excluding hydrogens is 268 g/mol. The number of hydrogen-bond donors (Lipinski definition) is 2. The summed E-state index contributed by atoms with van der Waals surface area (Å²) in [5, 5.41) is 9.25. The molecule has 1 fully saturated rings. The topological polar surface area (TPSA) is 49.5 Å². The Kier molecular flexibility index (Phi) is 3.84. The highest BCUT2D eigenvalue weighted by Crippen LogP contribution is 2.24. The number of nitrogen functional groups attached to an aromatic ring is 1. The molecule has 4 heteroatoms. The molecule has 2 rings (SSSR count). The summed E-state index contributed by atoms with van der Waals surface area (Å²) < 4.78 is 1.01. The molecule has 1 aromatic carbocycles. The van der Waals surface area contributed by atoms with Gasteiger partial charge in [-0.15, -0.1) is 0 Å². The van der Waals surface area contributed by atoms with E-state index < -0.39 is 0 Å². The van der Waals surface area contributed by atoms with Gasteiger partial charge in [-0.1, -0.05) is 22.0 Å². The van der Waals surface area contributed by atoms with Gasteiger partial charge in [0.05, 0.1) is 6.61 Å². The van der Waals surface area contributed by atoms with Crippen molar-refractivity contribution >= 4 is 21.6 Å². The minimum atomic E-state index is 0.246. The number of nitrogens with two attached hydrogens (primary N) is 1. The van der Waals surface area contributed by atoms with Gasteiger partial charge >= 0.3 is 0 Å². The lowest BCUT2D eigenvalue weighted by molar-refractivity contribution is 0.154. The number of hydrogen-bond acceptors (Lipinski definition) is 3. The fourth-order valence-corrected chi connectivity index (χ4v) is 2.62. The quantitative estimate of drug-likeness (QED) is 0.835. The van der Waals surface area contributed by atoms with Gasteiger partial charge in [-0.2, -0.15) is 0 Å². The van der Waals surface area contributed by atoms with Gasteiger partial charge in [0.1, 0.15) is 0 Å². The first-order valence-electron chi connectivity index (χ1n) is 5.59. The van der Waals surface area contributed by atoms with Crippen LogP contribution in [0.15, 0.2) is 22.7 Å². The van der Waals surface area contributed by atoms with Crippen LogP contribution >= 0.6 is 15.9 Å². The number of benzene rings is 1. The fourth-order valence-electron chi connectivity index (χ4n) is 2.24. The Balaban J connectivity index is 2.08. The molecule has 1 aliphatic heterocycles. The standard InChI is InChI=1S/C12H17BrN2O/c13-10-4-3-9(12(14)6-10)7-15-5-1-2-11(15)8-16/h3-4,6,11,16H,1-2,5,7-8,14H2. The lowest BCUT2D eigenvalue weighted by atomic mass is 10.1. The first kappa shape index (κ1) is 11.9. The SMILES string of the molecule is Nc1cc(Br)ccc1CN1CCCC1CO. The highest BCUT2D eigenvalue weighted by molar-refractivity contribution is 9.10. The van der Waals surface area contributed by atoms with Crippen LogP contribution in [-0.2, 0) is 6.54 Å². The summed E-state index contributed by atoms with van der Waals surface area (Å²) in [6.07, 6.45) is 2.26. The maximum Gasteiger partial charge on any atom is 0.0587 e. The van der Waals surface area contributed by atoms with Crippen LogP contribution in [0.4, 0.5) is 5.69 Å². The zero-order chi connectivity index (χ0) is 11.5. The lowest BCUT2D eigenvalue weighted by Gasteiger charge is -2.23. The molecule has 16 heavy (non-hydrogen) atoms. The molecule has 3 N–H and O–H groups in total. The Morgan fingerprint density at radius 3 is 3.00 bits per heavy atom. The van der Waals surface area contributed by atoms with E-state index in [1.807, 2.05) is 18.2 Å². The molecule has 3 nitrogen and oxygen atoms in total. The molecule has 0 aliphatic carbocycles. The molecule has 0 bridgehead atoms. The summed E-state index contributed by atoms with van der Waals surface area (Å²) in [7, 11) is 0. The number of anilines is 1. The number of aliphatic hydroxyl groups excluding tert-OH is 1. The van der Waals surface area contributed by atoms with Crippen LogP contribution in [0.1, 0.15) is 18.4 Å². The van der Waals surface area contributed by atoms with Crippen molar-refractivity contribution in [3.05, 3.63) is 28.2 Å². The maximum atomic E-state index is 9.25. The van der Waals surface area contributed by atoms with Crippen LogP contribution in [0, 0.1) is 0 Å². The number of nitrogens with zero attached hydrogens (tertiary/aromatic N) is 1. The number of aliphatic hydroxyl groups is 1. The Hall–Kier alpha value is -0.580. The van der Waals surface area contributed by atoms with E-state index in [-0.39, 0.29) is 6.61 Å². The number of halogens is 1. The summed E-state index contributed by atoms with van der Waals surface area (Å²) in [6, 6.07) is 6.30. The molecule has 1 aliphatic rings. The highest BCUT2D eigenvalue weighted by atomic mass is 79.9. The lowest BCUT2D eigenvalue weighted by Crippen LogP contribution is -2.31. The molecule has 1 aromatic rings. The van der Waals surface area contributed by atoms with E-state index in [0.29, 0.717) is 6.04 Å². The van der Waals surface area contributed by atoms with Crippen molar-refractivity contribution in [2.45, 2.75) is 25.4 Å². The van der Waals surface area contributed by atoms with Crippen LogP contribution in [-0.4, -0.2) is 29.2 Å². The zero-order valence-electron chi connectivity index (χ0n) is 9.19. The van der Waals surface area contributed by atoms with Crippen LogP contribution in [0.5, 0.6) is 0 Å². The van der Waals surface area contributed by atoms with E-state index in [2.05, 4.69) is 20.8 Å². The van der Waals surface area contributed by atoms with Gasteiger partial charge in [0.15, 0.2) is 0 Å². The van der Waals surface area contributed by atoms with Gasteiger partial charge in [-0.05, 0) is 37.1 Å². The minimum Gasteiger partial charge on any atom is -0.398 e. The maximum absolute atomic E-state index is 9.25. The van der Waals surface area contributed by atoms with Crippen molar-refractivity contribution in [2.75, 3.05) is 18.9 Å². The number of rotatable bonds is 3. The predicted molar refractivity (Wildman–Crippen MR) is 69.1 cm³/mol. The molecule has 0 saturated carbocycles. The third kappa shape index (κ3) is 2.56. The van der Waals surface area contributed by atoms with Gasteiger partial charge in [0.2, 0.25) is 0 Å². The molecule has 1 atom stereocenters. The van der Waals surface area contributed by atoms with Crippen LogP contribution in [0.2, 0.25) is 0 Å². The number of likely N-dealkylation sites (tertiary alicyclic amines) is 1. The highest BCUT2D eigenvalue weighted by Gasteiger charge is 2.23. The van der Waals surface area contributed by atoms with Crippen molar-refractivity contribution in [1.29, 1.82) is 0 Å². The Morgan fingerprint density at radius 2 is 2.31 bits per heavy atom. The Labute approximate surface area is 104 Å². The zero-order valence-corrected chi connectivity index (χ0v) is 10.8. The van der Waals surface area contributed by atoms with E-state index in [1.54, 1.807) is 0 Å². The van der Waals surface area contributed by atoms with Gasteiger partial charge in [-0.3, -0.25) is 4.90 Å². The molecule has 0 amide bonds. The third-order valence-electron chi connectivity index (χ3n) is 3.19. The smallest absolute Gasteiger partial charge is 0.0587 e. The van der Waals surface area contributed by atoms with Crippen molar-refractivity contribution in [3.63, 3.8) is 0 Å². The average Bonchev–Trinajstić information content (AvgIpc) is 2.69. The van der Waals surface area contributed by atoms with Crippen LogP contribution in [0.3, 0.4) is 0 Å². The van der Waals surface area contributed by atoms with Crippen LogP contribution in [0.25, 0.3) is 0 Å². The fraction of sp³-hybridized carbons (Fsp3) is 0.500. The molecule has 0 spiro atoms. The Bertz CT molecular complexity index is 370. The first-order valence-corrected chi connectivity index (χ1v) is 6.39. The van der Waals surface area contributed by atoms with E-state index in [0.717, 1.165) is 35.2 Å². The monoisotopic (exact) mass is 284 g/mol. The molecular formula is C12H17BrN2O. The summed E-state index contributed by atoms with van der Waals surface area (Å²) >= 11 is 3.40. The molecule has 88 valence electrons. The Morgan fingerprint density at radius 1 is 1.50 bits per heavy atom. The van der Waals surface area contributed by atoms with Gasteiger partial charge < -0.3 is 10.8 Å². The van der Waals surface area contributed by atoms with E-state index >= 15 is 0 Å². The second-order valence-electron chi connectivity index (χ2n) is 4.29. The van der Waals surface area contributed by atoms with Crippen molar-refractivity contribution in [1.82, 2.24) is 4.90 Å². The van der Waals surface area contributed by atoms with E-state index in [1.165, 1.54) is 6.42 Å². The van der Waals surface area contributed by atoms with Crippen molar-refractivity contribution < 1.29 is 5.11 Å². The van der Waals surface area contributed by atoms with Crippen molar-refractivity contribution in [3.8, 4) is 0 Å². The normalized spacial score (nSPS) is 21.5. The third-order valence-corrected chi connectivity index (χ3v) is 3.68. The largest absolute Gasteiger partial charge is 0.398 e. The van der Waals surface area contributed by atoms with Gasteiger partial charge in [-0.25, -0.2) is 0 Å². The molecule has 0 aromatic heterocycles. The summed E-state index contributed by atoms with van der Waals surface area (Å²) in [5.41, 5.74) is 7.93. The summed E-state index contributed by atoms with van der Waals surface area (Å²) in [6.45, 7) is 2.14. The molecule has 1 saturated heterocycles. The minimum absolute atomic E-state index is 0.246. The molecule has 0 radical (unpaired) electrons. The second kappa shape index (κ2) is 5.17.